The minimum absolute atomic E-state index is 0.596. The normalized spacial score (nSPS) is 19.6. The maximum atomic E-state index is 3.80. The Bertz CT molecular complexity index is 333. The highest BCUT2D eigenvalue weighted by Gasteiger charge is 2.09. The number of hydrogen-bond acceptors (Lipinski definition) is 0. The third kappa shape index (κ3) is 6.17. The molecule has 0 saturated heterocycles. The second-order valence-electron chi connectivity index (χ2n) is 4.66. The molecule has 1 aliphatic rings. The van der Waals surface area contributed by atoms with Crippen molar-refractivity contribution in [3.63, 3.8) is 0 Å². The molecule has 0 saturated carbocycles. The van der Waals surface area contributed by atoms with Crippen molar-refractivity contribution in [2.75, 3.05) is 0 Å². The number of rotatable bonds is 5. The number of allylic oxidation sites excluding steroid dienone is 5. The number of unbranched alkanes of at least 4 members (excludes halogenated alkanes) is 2. The highest BCUT2D eigenvalue weighted by molar-refractivity contribution is 5.21. The molecule has 0 aromatic heterocycles. The van der Waals surface area contributed by atoms with Gasteiger partial charge in [-0.15, -0.1) is 6.58 Å². The van der Waals surface area contributed by atoms with E-state index >= 15 is 0 Å². The molecule has 0 aromatic carbocycles. The van der Waals surface area contributed by atoms with E-state index in [9.17, 15) is 0 Å². The van der Waals surface area contributed by atoms with Crippen molar-refractivity contribution in [3.8, 4) is 11.8 Å². The lowest BCUT2D eigenvalue weighted by molar-refractivity contribution is 0.605. The summed E-state index contributed by atoms with van der Waals surface area (Å²) in [4.78, 5) is 0. The molecule has 0 spiro atoms. The molecule has 0 amide bonds. The minimum Gasteiger partial charge on any atom is -0.103 e. The molecule has 0 aliphatic heterocycles. The first-order valence-corrected chi connectivity index (χ1v) is 6.82. The first-order chi connectivity index (χ1) is 8.36. The molecular formula is C17H24. The van der Waals surface area contributed by atoms with Crippen LogP contribution in [0.4, 0.5) is 0 Å². The smallest absolute Gasteiger partial charge is 0.00921 e. The van der Waals surface area contributed by atoms with Gasteiger partial charge in [-0.2, -0.15) is 0 Å². The van der Waals surface area contributed by atoms with Crippen LogP contribution in [0.25, 0.3) is 0 Å². The molecule has 0 N–H and O–H groups in total. The highest BCUT2D eigenvalue weighted by Crippen LogP contribution is 2.25. The van der Waals surface area contributed by atoms with E-state index in [2.05, 4.69) is 37.5 Å². The van der Waals surface area contributed by atoms with E-state index < -0.39 is 0 Å². The molecule has 0 fully saturated rings. The van der Waals surface area contributed by atoms with Gasteiger partial charge in [0.1, 0.15) is 0 Å². The summed E-state index contributed by atoms with van der Waals surface area (Å²) in [6.45, 7) is 6.00. The maximum absolute atomic E-state index is 3.80. The quantitative estimate of drug-likeness (QED) is 0.351. The van der Waals surface area contributed by atoms with Crippen LogP contribution in [0.5, 0.6) is 0 Å². The molecule has 0 bridgehead atoms. The molecule has 1 unspecified atom stereocenters. The molecule has 1 atom stereocenters. The minimum atomic E-state index is 0.596. The Morgan fingerprint density at radius 3 is 3.18 bits per heavy atom. The average Bonchev–Trinajstić information content (AvgIpc) is 2.35. The van der Waals surface area contributed by atoms with Crippen LogP contribution >= 0.6 is 0 Å². The fourth-order valence-electron chi connectivity index (χ4n) is 2.11. The van der Waals surface area contributed by atoms with Gasteiger partial charge in [-0.05, 0) is 44.1 Å². The van der Waals surface area contributed by atoms with Gasteiger partial charge in [0.25, 0.3) is 0 Å². The first kappa shape index (κ1) is 13.8. The van der Waals surface area contributed by atoms with Crippen molar-refractivity contribution in [1.82, 2.24) is 0 Å². The summed E-state index contributed by atoms with van der Waals surface area (Å²) in [6.07, 6.45) is 17.0. The Hall–Kier alpha value is -1.22. The standard InChI is InChI=1S/C17H24/c1-3-5-6-7-8-9-12-17-14-10-13-16(15-17)11-4-2/h4,9,12,15,17H,2-3,5-6,10-11,13-14H2,1H3/b12-9-. The Balaban J connectivity index is 2.39. The van der Waals surface area contributed by atoms with E-state index in [1.165, 1.54) is 32.1 Å². The van der Waals surface area contributed by atoms with Crippen molar-refractivity contribution in [1.29, 1.82) is 0 Å². The van der Waals surface area contributed by atoms with E-state index in [1.54, 1.807) is 5.57 Å². The van der Waals surface area contributed by atoms with Gasteiger partial charge in [0.15, 0.2) is 0 Å². The molecule has 1 aliphatic carbocycles. The van der Waals surface area contributed by atoms with Crippen LogP contribution in [-0.2, 0) is 0 Å². The molecule has 0 radical (unpaired) electrons. The summed E-state index contributed by atoms with van der Waals surface area (Å²) in [5.74, 6) is 6.92. The van der Waals surface area contributed by atoms with Crippen molar-refractivity contribution < 1.29 is 0 Å². The van der Waals surface area contributed by atoms with Gasteiger partial charge >= 0.3 is 0 Å². The zero-order valence-electron chi connectivity index (χ0n) is 11.0. The molecule has 92 valence electrons. The maximum Gasteiger partial charge on any atom is 0.00921 e. The predicted molar refractivity (Wildman–Crippen MR) is 76.7 cm³/mol. The van der Waals surface area contributed by atoms with E-state index in [0.717, 1.165) is 12.8 Å². The Morgan fingerprint density at radius 2 is 2.41 bits per heavy atom. The van der Waals surface area contributed by atoms with Crippen LogP contribution in [-0.4, -0.2) is 0 Å². The average molecular weight is 228 g/mol. The van der Waals surface area contributed by atoms with Crippen LogP contribution in [0.3, 0.4) is 0 Å². The van der Waals surface area contributed by atoms with E-state index in [4.69, 9.17) is 0 Å². The van der Waals surface area contributed by atoms with Crippen LogP contribution in [0.15, 0.2) is 36.5 Å². The zero-order chi connectivity index (χ0) is 12.3. The molecule has 0 heteroatoms. The molecular weight excluding hydrogens is 204 g/mol. The van der Waals surface area contributed by atoms with Gasteiger partial charge in [-0.1, -0.05) is 49.0 Å². The highest BCUT2D eigenvalue weighted by atomic mass is 14.1. The Morgan fingerprint density at radius 1 is 1.53 bits per heavy atom. The monoisotopic (exact) mass is 228 g/mol. The van der Waals surface area contributed by atoms with Crippen molar-refractivity contribution in [2.24, 2.45) is 5.92 Å². The molecule has 0 heterocycles. The summed E-state index contributed by atoms with van der Waals surface area (Å²) >= 11 is 0. The first-order valence-electron chi connectivity index (χ1n) is 6.82. The van der Waals surface area contributed by atoms with Crippen LogP contribution in [0, 0.1) is 17.8 Å². The van der Waals surface area contributed by atoms with Crippen LogP contribution < -0.4 is 0 Å². The van der Waals surface area contributed by atoms with Crippen molar-refractivity contribution in [3.05, 3.63) is 36.5 Å². The van der Waals surface area contributed by atoms with Gasteiger partial charge in [-0.3, -0.25) is 0 Å². The van der Waals surface area contributed by atoms with E-state index in [1.807, 2.05) is 12.2 Å². The largest absolute Gasteiger partial charge is 0.103 e. The zero-order valence-corrected chi connectivity index (χ0v) is 11.0. The molecule has 1 rings (SSSR count). The lowest BCUT2D eigenvalue weighted by atomic mass is 9.89. The van der Waals surface area contributed by atoms with Gasteiger partial charge in [-0.25, -0.2) is 0 Å². The molecule has 0 aromatic rings. The Labute approximate surface area is 107 Å². The molecule has 0 nitrogen and oxygen atoms in total. The summed E-state index contributed by atoms with van der Waals surface area (Å²) < 4.78 is 0. The van der Waals surface area contributed by atoms with Gasteiger partial charge < -0.3 is 0 Å². The second-order valence-corrected chi connectivity index (χ2v) is 4.66. The summed E-state index contributed by atoms with van der Waals surface area (Å²) in [5, 5.41) is 0. The third-order valence-electron chi connectivity index (χ3n) is 3.08. The lowest BCUT2D eigenvalue weighted by Gasteiger charge is -2.17. The fourth-order valence-corrected chi connectivity index (χ4v) is 2.11. The van der Waals surface area contributed by atoms with Crippen LogP contribution in [0.2, 0.25) is 0 Å². The van der Waals surface area contributed by atoms with Gasteiger partial charge in [0.05, 0.1) is 0 Å². The summed E-state index contributed by atoms with van der Waals surface area (Å²) in [6, 6.07) is 0. The van der Waals surface area contributed by atoms with E-state index in [-0.39, 0.29) is 0 Å². The van der Waals surface area contributed by atoms with Gasteiger partial charge in [0, 0.05) is 6.42 Å². The fraction of sp³-hybridized carbons (Fsp3) is 0.529. The van der Waals surface area contributed by atoms with Crippen molar-refractivity contribution in [2.45, 2.75) is 51.9 Å². The molecule has 17 heavy (non-hydrogen) atoms. The lowest BCUT2D eigenvalue weighted by Crippen LogP contribution is -2.01. The van der Waals surface area contributed by atoms with Crippen LogP contribution in [0.1, 0.15) is 51.9 Å². The number of hydrogen-bond donors (Lipinski definition) is 0. The topological polar surface area (TPSA) is 0 Å². The summed E-state index contributed by atoms with van der Waals surface area (Å²) in [7, 11) is 0. The second kappa shape index (κ2) is 8.88. The van der Waals surface area contributed by atoms with E-state index in [0.29, 0.717) is 5.92 Å². The third-order valence-corrected chi connectivity index (χ3v) is 3.08. The van der Waals surface area contributed by atoms with Crippen molar-refractivity contribution >= 4 is 0 Å². The SMILES string of the molecule is C=CCC1=CC(/C=C\C#CCCCC)CCC1. The summed E-state index contributed by atoms with van der Waals surface area (Å²) in [5.41, 5.74) is 1.54. The van der Waals surface area contributed by atoms with Gasteiger partial charge in [0.2, 0.25) is 0 Å². The predicted octanol–water partition coefficient (Wildman–Crippen LogP) is 5.04. The Kier molecular flexibility index (Phi) is 7.23.